The molecule has 1 aliphatic heterocycles. The Morgan fingerprint density at radius 2 is 1.85 bits per heavy atom. The predicted octanol–water partition coefficient (Wildman–Crippen LogP) is 3.36. The van der Waals surface area contributed by atoms with Gasteiger partial charge in [0.2, 0.25) is 5.91 Å². The molecule has 4 heteroatoms. The number of thiocarbonyl (C=S) groups is 1. The lowest BCUT2D eigenvalue weighted by molar-refractivity contribution is -0.133. The van der Waals surface area contributed by atoms with E-state index in [0.29, 0.717) is 17.3 Å². The lowest BCUT2D eigenvalue weighted by Crippen LogP contribution is -2.47. The topological polar surface area (TPSA) is 46.3 Å². The van der Waals surface area contributed by atoms with Crippen molar-refractivity contribution in [1.82, 2.24) is 4.90 Å². The van der Waals surface area contributed by atoms with Gasteiger partial charge in [0.15, 0.2) is 0 Å². The van der Waals surface area contributed by atoms with Gasteiger partial charge < -0.3 is 10.6 Å². The van der Waals surface area contributed by atoms with E-state index in [1.807, 2.05) is 4.90 Å². The highest BCUT2D eigenvalue weighted by molar-refractivity contribution is 7.80. The first-order chi connectivity index (χ1) is 9.03. The van der Waals surface area contributed by atoms with Crippen molar-refractivity contribution in [2.45, 2.75) is 60.3 Å². The molecule has 0 spiro atoms. The van der Waals surface area contributed by atoms with Gasteiger partial charge in [0.05, 0.1) is 4.99 Å². The van der Waals surface area contributed by atoms with Crippen LogP contribution in [0.1, 0.15) is 60.3 Å². The molecule has 1 saturated heterocycles. The fraction of sp³-hybridized carbons (Fsp3) is 0.875. The average molecular weight is 298 g/mol. The molecule has 0 aliphatic carbocycles. The van der Waals surface area contributed by atoms with E-state index in [-0.39, 0.29) is 16.7 Å². The summed E-state index contributed by atoms with van der Waals surface area (Å²) < 4.78 is 0. The maximum absolute atomic E-state index is 12.3. The largest absolute Gasteiger partial charge is 0.393 e. The fourth-order valence-corrected chi connectivity index (χ4v) is 3.24. The van der Waals surface area contributed by atoms with Crippen LogP contribution in [0, 0.1) is 16.7 Å². The van der Waals surface area contributed by atoms with Gasteiger partial charge in [-0.3, -0.25) is 4.79 Å². The van der Waals surface area contributed by atoms with E-state index in [9.17, 15) is 4.79 Å². The summed E-state index contributed by atoms with van der Waals surface area (Å²) in [6.07, 6.45) is 3.52. The van der Waals surface area contributed by atoms with Crippen LogP contribution in [0.15, 0.2) is 0 Å². The van der Waals surface area contributed by atoms with Gasteiger partial charge in [0.1, 0.15) is 0 Å². The maximum Gasteiger partial charge on any atom is 0.222 e. The Labute approximate surface area is 129 Å². The molecule has 116 valence electrons. The molecular formula is C16H30N2OS. The average Bonchev–Trinajstić information content (AvgIpc) is 2.26. The lowest BCUT2D eigenvalue weighted by atomic mass is 9.80. The second kappa shape index (κ2) is 6.42. The first-order valence-electron chi connectivity index (χ1n) is 7.61. The molecule has 0 bridgehead atoms. The molecule has 0 radical (unpaired) electrons. The van der Waals surface area contributed by atoms with Gasteiger partial charge >= 0.3 is 0 Å². The smallest absolute Gasteiger partial charge is 0.222 e. The number of carbonyl (C=O) groups excluding carboxylic acids is 1. The molecule has 1 rings (SSSR count). The van der Waals surface area contributed by atoms with Crippen LogP contribution in [0.4, 0.5) is 0 Å². The van der Waals surface area contributed by atoms with E-state index in [0.717, 1.165) is 32.4 Å². The quantitative estimate of drug-likeness (QED) is 0.810. The van der Waals surface area contributed by atoms with Crippen LogP contribution in [0.5, 0.6) is 0 Å². The van der Waals surface area contributed by atoms with Crippen molar-refractivity contribution in [2.24, 2.45) is 22.5 Å². The Kier molecular flexibility index (Phi) is 5.59. The Hall–Kier alpha value is -0.640. The molecule has 3 nitrogen and oxygen atoms in total. The van der Waals surface area contributed by atoms with Crippen LogP contribution in [-0.4, -0.2) is 28.9 Å². The number of nitrogens with two attached hydrogens (primary N) is 1. The maximum atomic E-state index is 12.3. The van der Waals surface area contributed by atoms with Gasteiger partial charge in [-0.05, 0) is 30.6 Å². The minimum atomic E-state index is -0.0663. The van der Waals surface area contributed by atoms with E-state index in [1.54, 1.807) is 0 Å². The standard InChI is InChI=1S/C16H30N2OS/c1-12(11-15(2,3)4)10-13(19)18-8-6-16(5,7-9-18)14(17)20/h12H,6-11H2,1-5H3,(H2,17,20). The van der Waals surface area contributed by atoms with Gasteiger partial charge in [0.25, 0.3) is 0 Å². The van der Waals surface area contributed by atoms with Crippen molar-refractivity contribution in [3.05, 3.63) is 0 Å². The zero-order valence-electron chi connectivity index (χ0n) is 13.7. The number of hydrogen-bond donors (Lipinski definition) is 1. The van der Waals surface area contributed by atoms with E-state index in [2.05, 4.69) is 34.6 Å². The van der Waals surface area contributed by atoms with E-state index < -0.39 is 0 Å². The number of amides is 1. The van der Waals surface area contributed by atoms with Gasteiger partial charge in [0, 0.05) is 24.9 Å². The first-order valence-corrected chi connectivity index (χ1v) is 8.02. The summed E-state index contributed by atoms with van der Waals surface area (Å²) in [7, 11) is 0. The van der Waals surface area contributed by atoms with Crippen LogP contribution in [-0.2, 0) is 4.79 Å². The van der Waals surface area contributed by atoms with E-state index >= 15 is 0 Å². The summed E-state index contributed by atoms with van der Waals surface area (Å²) >= 11 is 5.14. The molecule has 0 aromatic carbocycles. The third kappa shape index (κ3) is 5.04. The van der Waals surface area contributed by atoms with Crippen molar-refractivity contribution in [3.8, 4) is 0 Å². The normalized spacial score (nSPS) is 20.6. The van der Waals surface area contributed by atoms with Gasteiger partial charge in [-0.25, -0.2) is 0 Å². The van der Waals surface area contributed by atoms with Crippen molar-refractivity contribution in [2.75, 3.05) is 13.1 Å². The van der Waals surface area contributed by atoms with Gasteiger partial charge in [-0.2, -0.15) is 0 Å². The van der Waals surface area contributed by atoms with Gasteiger partial charge in [-0.1, -0.05) is 46.8 Å². The zero-order valence-corrected chi connectivity index (χ0v) is 14.5. The van der Waals surface area contributed by atoms with E-state index in [4.69, 9.17) is 18.0 Å². The first kappa shape index (κ1) is 17.4. The number of nitrogens with zero attached hydrogens (tertiary/aromatic N) is 1. The van der Waals surface area contributed by atoms with Crippen LogP contribution in [0.3, 0.4) is 0 Å². The Balaban J connectivity index is 2.45. The number of piperidine rings is 1. The molecule has 1 fully saturated rings. The van der Waals surface area contributed by atoms with Crippen LogP contribution in [0.2, 0.25) is 0 Å². The second-order valence-electron chi connectivity index (χ2n) is 7.88. The third-order valence-corrected chi connectivity index (χ3v) is 4.79. The molecule has 0 saturated carbocycles. The highest BCUT2D eigenvalue weighted by Gasteiger charge is 2.34. The molecule has 1 unspecified atom stereocenters. The minimum absolute atomic E-state index is 0.0663. The molecule has 1 heterocycles. The molecule has 1 aliphatic rings. The molecule has 1 amide bonds. The summed E-state index contributed by atoms with van der Waals surface area (Å²) in [4.78, 5) is 14.9. The molecule has 1 atom stereocenters. The van der Waals surface area contributed by atoms with Crippen molar-refractivity contribution in [1.29, 1.82) is 0 Å². The lowest BCUT2D eigenvalue weighted by Gasteiger charge is -2.39. The number of likely N-dealkylation sites (tertiary alicyclic amines) is 1. The zero-order chi connectivity index (χ0) is 15.6. The summed E-state index contributed by atoms with van der Waals surface area (Å²) in [5.74, 6) is 0.720. The van der Waals surface area contributed by atoms with Crippen molar-refractivity contribution < 1.29 is 4.79 Å². The summed E-state index contributed by atoms with van der Waals surface area (Å²) in [5.41, 5.74) is 6.02. The number of carbonyl (C=O) groups is 1. The van der Waals surface area contributed by atoms with Crippen LogP contribution in [0.25, 0.3) is 0 Å². The van der Waals surface area contributed by atoms with Crippen LogP contribution < -0.4 is 5.73 Å². The fourth-order valence-electron chi connectivity index (χ4n) is 3.04. The van der Waals surface area contributed by atoms with E-state index in [1.165, 1.54) is 0 Å². The number of hydrogen-bond acceptors (Lipinski definition) is 2. The predicted molar refractivity (Wildman–Crippen MR) is 88.6 cm³/mol. The number of rotatable bonds is 4. The highest BCUT2D eigenvalue weighted by atomic mass is 32.1. The Bertz CT molecular complexity index is 365. The minimum Gasteiger partial charge on any atom is -0.393 e. The second-order valence-corrected chi connectivity index (χ2v) is 8.32. The molecule has 0 aromatic rings. The highest BCUT2D eigenvalue weighted by Crippen LogP contribution is 2.32. The Morgan fingerprint density at radius 3 is 2.25 bits per heavy atom. The molecule has 2 N–H and O–H groups in total. The summed E-state index contributed by atoms with van der Waals surface area (Å²) in [6.45, 7) is 12.5. The SMILES string of the molecule is CC(CC(=O)N1CCC(C)(C(N)=S)CC1)CC(C)(C)C. The third-order valence-electron chi connectivity index (χ3n) is 4.30. The van der Waals surface area contributed by atoms with Gasteiger partial charge in [-0.15, -0.1) is 0 Å². The van der Waals surface area contributed by atoms with Crippen molar-refractivity contribution in [3.63, 3.8) is 0 Å². The Morgan fingerprint density at radius 1 is 1.35 bits per heavy atom. The molecule has 20 heavy (non-hydrogen) atoms. The van der Waals surface area contributed by atoms with Crippen molar-refractivity contribution >= 4 is 23.1 Å². The monoisotopic (exact) mass is 298 g/mol. The summed E-state index contributed by atoms with van der Waals surface area (Å²) in [6, 6.07) is 0. The van der Waals surface area contributed by atoms with Crippen LogP contribution >= 0.6 is 12.2 Å². The molecular weight excluding hydrogens is 268 g/mol. The summed E-state index contributed by atoms with van der Waals surface area (Å²) in [5, 5.41) is 0. The molecule has 0 aromatic heterocycles.